The number of rotatable bonds is 2. The third-order valence-corrected chi connectivity index (χ3v) is 2.22. The van der Waals surface area contributed by atoms with E-state index in [9.17, 15) is 9.90 Å². The summed E-state index contributed by atoms with van der Waals surface area (Å²) in [5, 5.41) is 17.9. The quantitative estimate of drug-likeness (QED) is 0.505. The molecule has 0 atom stereocenters. The molecule has 0 saturated carbocycles. The molecule has 2 aromatic rings. The van der Waals surface area contributed by atoms with Gasteiger partial charge in [0.1, 0.15) is 5.69 Å². The van der Waals surface area contributed by atoms with E-state index in [-0.39, 0.29) is 35.3 Å². The Balaban J connectivity index is 0.00000128. The zero-order valence-electron chi connectivity index (χ0n) is 9.22. The summed E-state index contributed by atoms with van der Waals surface area (Å²) < 4.78 is 6.55. The van der Waals surface area contributed by atoms with Crippen LogP contribution in [0, 0.1) is 6.92 Å². The monoisotopic (exact) mass is 229 g/mol. The van der Waals surface area contributed by atoms with E-state index in [1.807, 2.05) is 6.92 Å². The summed E-state index contributed by atoms with van der Waals surface area (Å²) in [6.45, 7) is 1.85. The van der Waals surface area contributed by atoms with Crippen molar-refractivity contribution in [2.24, 2.45) is 7.05 Å². The molecule has 16 heavy (non-hydrogen) atoms. The summed E-state index contributed by atoms with van der Waals surface area (Å²) in [5.41, 5.74) is 1.38. The maximum atomic E-state index is 10.5. The van der Waals surface area contributed by atoms with E-state index in [4.69, 9.17) is 4.52 Å². The van der Waals surface area contributed by atoms with Gasteiger partial charge in [-0.2, -0.15) is 5.10 Å². The summed E-state index contributed by atoms with van der Waals surface area (Å²) in [5.74, 6) is -0.980. The summed E-state index contributed by atoms with van der Waals surface area (Å²) in [6, 6.07) is 1.32. The Morgan fingerprint density at radius 1 is 1.56 bits per heavy atom. The molecule has 0 radical (unpaired) electrons. The molecular weight excluding hydrogens is 221 g/mol. The minimum atomic E-state index is -1.36. The van der Waals surface area contributed by atoms with Gasteiger partial charge in [0, 0.05) is 18.8 Å². The number of hydrogen-bond donors (Lipinski definition) is 0. The van der Waals surface area contributed by atoms with E-state index < -0.39 is 5.97 Å². The number of aryl methyl sites for hydroxylation is 1. The van der Waals surface area contributed by atoms with Gasteiger partial charge >= 0.3 is 29.6 Å². The maximum absolute atomic E-state index is 10.5. The molecule has 0 aliphatic heterocycles. The van der Waals surface area contributed by atoms with E-state index in [1.54, 1.807) is 17.9 Å². The average molecular weight is 229 g/mol. The van der Waals surface area contributed by atoms with Crippen molar-refractivity contribution in [3.8, 4) is 11.3 Å². The molecule has 0 aliphatic rings. The van der Waals surface area contributed by atoms with Gasteiger partial charge in [-0.3, -0.25) is 4.68 Å². The van der Waals surface area contributed by atoms with Crippen LogP contribution in [0.25, 0.3) is 11.3 Å². The van der Waals surface area contributed by atoms with Crippen LogP contribution < -0.4 is 34.7 Å². The Bertz CT molecular complexity index is 518. The van der Waals surface area contributed by atoms with E-state index in [0.717, 1.165) is 11.3 Å². The number of hydrogen-bond acceptors (Lipinski definition) is 5. The van der Waals surface area contributed by atoms with Crippen LogP contribution in [0.15, 0.2) is 16.8 Å². The fourth-order valence-corrected chi connectivity index (χ4v) is 1.24. The number of carbonyl (C=O) groups excluding carboxylic acids is 1. The van der Waals surface area contributed by atoms with Crippen molar-refractivity contribution in [1.82, 2.24) is 14.9 Å². The molecule has 0 fully saturated rings. The van der Waals surface area contributed by atoms with Crippen molar-refractivity contribution in [2.45, 2.75) is 6.92 Å². The van der Waals surface area contributed by atoms with Crippen molar-refractivity contribution in [3.63, 3.8) is 0 Å². The topological polar surface area (TPSA) is 84.0 Å². The van der Waals surface area contributed by atoms with Crippen LogP contribution in [0.2, 0.25) is 0 Å². The largest absolute Gasteiger partial charge is 1.00 e. The molecule has 0 spiro atoms. The smallest absolute Gasteiger partial charge is 0.543 e. The molecule has 0 N–H and O–H groups in total. The number of aromatic carboxylic acids is 1. The second-order valence-corrected chi connectivity index (χ2v) is 3.13. The molecule has 0 bridgehead atoms. The van der Waals surface area contributed by atoms with Crippen LogP contribution in [-0.2, 0) is 7.05 Å². The molecular formula is C9H8N3NaO3. The molecule has 7 heteroatoms. The molecule has 2 aromatic heterocycles. The van der Waals surface area contributed by atoms with Gasteiger partial charge in [-0.05, 0) is 6.92 Å². The van der Waals surface area contributed by atoms with Crippen LogP contribution in [0.3, 0.4) is 0 Å². The molecule has 2 rings (SSSR count). The van der Waals surface area contributed by atoms with Crippen molar-refractivity contribution >= 4 is 5.97 Å². The predicted octanol–water partition coefficient (Wildman–Crippen LogP) is -3.25. The van der Waals surface area contributed by atoms with Gasteiger partial charge in [0.05, 0.1) is 17.7 Å². The number of aromatic nitrogens is 3. The molecule has 0 unspecified atom stereocenters. The summed E-state index contributed by atoms with van der Waals surface area (Å²) >= 11 is 0. The Kier molecular flexibility index (Phi) is 3.90. The predicted molar refractivity (Wildman–Crippen MR) is 47.8 cm³/mol. The minimum absolute atomic E-state index is 0. The molecule has 2 heterocycles. The molecule has 0 aromatic carbocycles. The van der Waals surface area contributed by atoms with Crippen LogP contribution >= 0.6 is 0 Å². The summed E-state index contributed by atoms with van der Waals surface area (Å²) in [4.78, 5) is 10.5. The van der Waals surface area contributed by atoms with E-state index in [1.165, 1.54) is 6.07 Å². The first kappa shape index (κ1) is 13.0. The Labute approximate surface area is 114 Å². The Morgan fingerprint density at radius 2 is 2.25 bits per heavy atom. The first-order valence-electron chi connectivity index (χ1n) is 4.26. The minimum Gasteiger partial charge on any atom is -0.543 e. The van der Waals surface area contributed by atoms with Crippen molar-refractivity contribution < 1.29 is 44.0 Å². The van der Waals surface area contributed by atoms with Gasteiger partial charge in [-0.25, -0.2) is 0 Å². The van der Waals surface area contributed by atoms with Gasteiger partial charge in [0.15, 0.2) is 5.76 Å². The van der Waals surface area contributed by atoms with Crippen molar-refractivity contribution in [2.75, 3.05) is 0 Å². The molecule has 0 aliphatic carbocycles. The Morgan fingerprint density at radius 3 is 2.69 bits per heavy atom. The van der Waals surface area contributed by atoms with Crippen molar-refractivity contribution in [3.05, 3.63) is 23.7 Å². The van der Waals surface area contributed by atoms with Gasteiger partial charge in [-0.15, -0.1) is 0 Å². The van der Waals surface area contributed by atoms with Gasteiger partial charge in [0.25, 0.3) is 0 Å². The second-order valence-electron chi connectivity index (χ2n) is 3.13. The summed E-state index contributed by atoms with van der Waals surface area (Å²) in [6.07, 6.45) is 1.59. The van der Waals surface area contributed by atoms with Gasteiger partial charge in [-0.1, -0.05) is 5.16 Å². The standard InChI is InChI=1S/C9H9N3O3.Na/c1-5-6(4-10-12(5)2)8-3-7(9(13)14)11-15-8;/h3-4H,1-2H3,(H,13,14);/q;+1/p-1. The normalized spacial score (nSPS) is 9.88. The zero-order valence-corrected chi connectivity index (χ0v) is 11.2. The molecule has 0 saturated heterocycles. The number of carboxylic acid groups (broad SMARTS) is 1. The van der Waals surface area contributed by atoms with E-state index >= 15 is 0 Å². The van der Waals surface area contributed by atoms with Crippen LogP contribution in [0.4, 0.5) is 0 Å². The molecule has 0 amide bonds. The summed E-state index contributed by atoms with van der Waals surface area (Å²) in [7, 11) is 1.79. The van der Waals surface area contributed by atoms with Crippen LogP contribution in [0.5, 0.6) is 0 Å². The number of carboxylic acids is 1. The first-order valence-corrected chi connectivity index (χ1v) is 4.26. The number of carbonyl (C=O) groups is 1. The van der Waals surface area contributed by atoms with Crippen molar-refractivity contribution in [1.29, 1.82) is 0 Å². The second kappa shape index (κ2) is 4.82. The Hall–Kier alpha value is -1.11. The van der Waals surface area contributed by atoms with Crippen LogP contribution in [-0.4, -0.2) is 20.9 Å². The third-order valence-electron chi connectivity index (χ3n) is 2.22. The molecule has 78 valence electrons. The van der Waals surface area contributed by atoms with Gasteiger partial charge in [0.2, 0.25) is 0 Å². The van der Waals surface area contributed by atoms with E-state index in [0.29, 0.717) is 5.76 Å². The van der Waals surface area contributed by atoms with Crippen LogP contribution in [0.1, 0.15) is 16.2 Å². The zero-order chi connectivity index (χ0) is 11.0. The SMILES string of the molecule is Cc1c(-c2cc(C(=O)[O-])no2)cnn1C.[Na+]. The first-order chi connectivity index (χ1) is 7.09. The van der Waals surface area contributed by atoms with E-state index in [2.05, 4.69) is 10.3 Å². The molecule has 6 nitrogen and oxygen atoms in total. The number of nitrogens with zero attached hydrogens (tertiary/aromatic N) is 3. The fourth-order valence-electron chi connectivity index (χ4n) is 1.24. The third kappa shape index (κ3) is 2.18. The van der Waals surface area contributed by atoms with Gasteiger partial charge < -0.3 is 14.4 Å². The average Bonchev–Trinajstić information content (AvgIpc) is 2.76. The maximum Gasteiger partial charge on any atom is 1.00 e. The fraction of sp³-hybridized carbons (Fsp3) is 0.222.